The van der Waals surface area contributed by atoms with E-state index in [0.717, 1.165) is 5.56 Å². The van der Waals surface area contributed by atoms with Crippen LogP contribution in [0, 0.1) is 6.92 Å². The third-order valence-corrected chi connectivity index (χ3v) is 2.78. The van der Waals surface area contributed by atoms with Crippen LogP contribution >= 0.6 is 0 Å². The predicted octanol–water partition coefficient (Wildman–Crippen LogP) is 2.68. The third kappa shape index (κ3) is 3.57. The summed E-state index contributed by atoms with van der Waals surface area (Å²) >= 11 is 0. The third-order valence-electron chi connectivity index (χ3n) is 2.78. The number of aryl methyl sites for hydroxylation is 1. The Morgan fingerprint density at radius 2 is 2.30 bits per heavy atom. The monoisotopic (exact) mass is 276 g/mol. The zero-order valence-electron chi connectivity index (χ0n) is 11.4. The number of aromatic nitrogens is 2. The van der Waals surface area contributed by atoms with Gasteiger partial charge in [-0.3, -0.25) is 4.79 Å². The number of ether oxygens (including phenoxy) is 1. The first-order chi connectivity index (χ1) is 9.58. The second-order valence-corrected chi connectivity index (χ2v) is 4.41. The van der Waals surface area contributed by atoms with Crippen LogP contribution in [0.5, 0.6) is 5.75 Å². The number of carbonyl (C=O) groups is 1. The number of carboxylic acid groups (broad SMARTS) is 1. The van der Waals surface area contributed by atoms with Crippen LogP contribution in [0.1, 0.15) is 25.7 Å². The van der Waals surface area contributed by atoms with Gasteiger partial charge < -0.3 is 14.4 Å². The van der Waals surface area contributed by atoms with Crippen molar-refractivity contribution in [2.75, 3.05) is 0 Å². The van der Waals surface area contributed by atoms with Crippen molar-refractivity contribution in [3.05, 3.63) is 30.2 Å². The first-order valence-corrected chi connectivity index (χ1v) is 6.37. The SMILES string of the molecule is CCC(CC(=O)O)Oc1cccc(-c2noc(C)n2)c1. The lowest BCUT2D eigenvalue weighted by atomic mass is 10.2. The molecule has 0 spiro atoms. The zero-order valence-corrected chi connectivity index (χ0v) is 11.4. The average Bonchev–Trinajstić information content (AvgIpc) is 2.84. The molecule has 0 aliphatic rings. The number of carboxylic acids is 1. The first kappa shape index (κ1) is 14.0. The van der Waals surface area contributed by atoms with Gasteiger partial charge in [-0.2, -0.15) is 4.98 Å². The molecule has 0 saturated heterocycles. The summed E-state index contributed by atoms with van der Waals surface area (Å²) in [7, 11) is 0. The Labute approximate surface area is 116 Å². The molecule has 0 fully saturated rings. The number of nitrogens with zero attached hydrogens (tertiary/aromatic N) is 2. The van der Waals surface area contributed by atoms with E-state index in [1.54, 1.807) is 19.1 Å². The number of aliphatic carboxylic acids is 1. The standard InChI is InChI=1S/C14H16N2O4/c1-3-11(8-13(17)18)19-12-6-4-5-10(7-12)14-15-9(2)20-16-14/h4-7,11H,3,8H2,1-2H3,(H,17,18). The van der Waals surface area contributed by atoms with Gasteiger partial charge in [0.05, 0.1) is 6.42 Å². The molecule has 1 N–H and O–H groups in total. The summed E-state index contributed by atoms with van der Waals surface area (Å²) in [5.74, 6) is 0.697. The molecule has 0 radical (unpaired) electrons. The number of rotatable bonds is 6. The molecule has 0 amide bonds. The Hall–Kier alpha value is -2.37. The van der Waals surface area contributed by atoms with Crippen LogP contribution in [0.4, 0.5) is 0 Å². The van der Waals surface area contributed by atoms with E-state index in [1.807, 2.05) is 19.1 Å². The van der Waals surface area contributed by atoms with E-state index < -0.39 is 5.97 Å². The molecular formula is C14H16N2O4. The molecule has 0 aliphatic carbocycles. The maximum atomic E-state index is 10.7. The normalized spacial score (nSPS) is 12.1. The highest BCUT2D eigenvalue weighted by Gasteiger charge is 2.14. The van der Waals surface area contributed by atoms with Crippen molar-refractivity contribution in [1.82, 2.24) is 10.1 Å². The molecule has 0 bridgehead atoms. The number of hydrogen-bond donors (Lipinski definition) is 1. The Bertz CT molecular complexity index is 594. The van der Waals surface area contributed by atoms with E-state index in [4.69, 9.17) is 14.4 Å². The van der Waals surface area contributed by atoms with Crippen LogP contribution in [-0.4, -0.2) is 27.3 Å². The molecule has 6 heteroatoms. The highest BCUT2D eigenvalue weighted by molar-refractivity contribution is 5.67. The number of hydrogen-bond acceptors (Lipinski definition) is 5. The van der Waals surface area contributed by atoms with Gasteiger partial charge in [0.15, 0.2) is 0 Å². The fraction of sp³-hybridized carbons (Fsp3) is 0.357. The molecule has 2 rings (SSSR count). The minimum Gasteiger partial charge on any atom is -0.490 e. The fourth-order valence-electron chi connectivity index (χ4n) is 1.78. The second-order valence-electron chi connectivity index (χ2n) is 4.41. The molecule has 1 atom stereocenters. The second kappa shape index (κ2) is 6.18. The fourth-order valence-corrected chi connectivity index (χ4v) is 1.78. The number of benzene rings is 1. The topological polar surface area (TPSA) is 85.5 Å². The van der Waals surface area contributed by atoms with Gasteiger partial charge in [-0.25, -0.2) is 0 Å². The Kier molecular flexibility index (Phi) is 4.34. The zero-order chi connectivity index (χ0) is 14.5. The van der Waals surface area contributed by atoms with E-state index >= 15 is 0 Å². The summed E-state index contributed by atoms with van der Waals surface area (Å²) in [4.78, 5) is 14.9. The predicted molar refractivity (Wildman–Crippen MR) is 71.4 cm³/mol. The maximum absolute atomic E-state index is 10.7. The van der Waals surface area contributed by atoms with Crippen LogP contribution in [0.25, 0.3) is 11.4 Å². The van der Waals surface area contributed by atoms with Crippen LogP contribution < -0.4 is 4.74 Å². The molecule has 1 heterocycles. The van der Waals surface area contributed by atoms with Gasteiger partial charge in [0.1, 0.15) is 11.9 Å². The van der Waals surface area contributed by atoms with Crippen LogP contribution in [0.15, 0.2) is 28.8 Å². The molecule has 1 aromatic carbocycles. The summed E-state index contributed by atoms with van der Waals surface area (Å²) < 4.78 is 10.6. The highest BCUT2D eigenvalue weighted by Crippen LogP contribution is 2.23. The summed E-state index contributed by atoms with van der Waals surface area (Å²) in [6.07, 6.45) is 0.245. The van der Waals surface area contributed by atoms with Gasteiger partial charge in [0, 0.05) is 12.5 Å². The smallest absolute Gasteiger partial charge is 0.307 e. The Balaban J connectivity index is 2.15. The van der Waals surface area contributed by atoms with E-state index in [0.29, 0.717) is 23.9 Å². The van der Waals surface area contributed by atoms with Gasteiger partial charge in [-0.15, -0.1) is 0 Å². The molecule has 20 heavy (non-hydrogen) atoms. The lowest BCUT2D eigenvalue weighted by molar-refractivity contribution is -0.138. The molecule has 106 valence electrons. The van der Waals surface area contributed by atoms with Crippen molar-refractivity contribution >= 4 is 5.97 Å². The van der Waals surface area contributed by atoms with Gasteiger partial charge >= 0.3 is 5.97 Å². The first-order valence-electron chi connectivity index (χ1n) is 6.37. The van der Waals surface area contributed by atoms with Crippen LogP contribution in [0.3, 0.4) is 0 Å². The van der Waals surface area contributed by atoms with Crippen molar-refractivity contribution in [3.63, 3.8) is 0 Å². The van der Waals surface area contributed by atoms with E-state index in [1.165, 1.54) is 0 Å². The lowest BCUT2D eigenvalue weighted by Gasteiger charge is -2.15. The Morgan fingerprint density at radius 3 is 2.90 bits per heavy atom. The van der Waals surface area contributed by atoms with Gasteiger partial charge in [0.25, 0.3) is 0 Å². The lowest BCUT2D eigenvalue weighted by Crippen LogP contribution is -2.19. The van der Waals surface area contributed by atoms with Crippen molar-refractivity contribution in [3.8, 4) is 17.1 Å². The quantitative estimate of drug-likeness (QED) is 0.873. The van der Waals surface area contributed by atoms with Crippen molar-refractivity contribution in [2.45, 2.75) is 32.8 Å². The molecule has 2 aromatic rings. The van der Waals surface area contributed by atoms with Gasteiger partial charge in [0.2, 0.25) is 11.7 Å². The van der Waals surface area contributed by atoms with E-state index in [2.05, 4.69) is 10.1 Å². The minimum atomic E-state index is -0.873. The molecule has 6 nitrogen and oxygen atoms in total. The van der Waals surface area contributed by atoms with Crippen molar-refractivity contribution < 1.29 is 19.2 Å². The summed E-state index contributed by atoms with van der Waals surface area (Å²) in [5, 5.41) is 12.7. The molecule has 1 aromatic heterocycles. The Morgan fingerprint density at radius 1 is 1.50 bits per heavy atom. The van der Waals surface area contributed by atoms with Crippen molar-refractivity contribution in [1.29, 1.82) is 0 Å². The molecule has 0 aliphatic heterocycles. The van der Waals surface area contributed by atoms with E-state index in [9.17, 15) is 4.79 Å². The van der Waals surface area contributed by atoms with Crippen LogP contribution in [-0.2, 0) is 4.79 Å². The van der Waals surface area contributed by atoms with Crippen molar-refractivity contribution in [2.24, 2.45) is 0 Å². The van der Waals surface area contributed by atoms with E-state index in [-0.39, 0.29) is 12.5 Å². The average molecular weight is 276 g/mol. The van der Waals surface area contributed by atoms with Gasteiger partial charge in [-0.05, 0) is 18.6 Å². The highest BCUT2D eigenvalue weighted by atomic mass is 16.5. The molecule has 0 saturated carbocycles. The van der Waals surface area contributed by atoms with Gasteiger partial charge in [-0.1, -0.05) is 24.2 Å². The summed E-state index contributed by atoms with van der Waals surface area (Å²) in [5.41, 5.74) is 0.768. The minimum absolute atomic E-state index is 0.0257. The van der Waals surface area contributed by atoms with Crippen LogP contribution in [0.2, 0.25) is 0 Å². The molecular weight excluding hydrogens is 260 g/mol. The molecule has 1 unspecified atom stereocenters. The maximum Gasteiger partial charge on any atom is 0.307 e. The summed E-state index contributed by atoms with van der Waals surface area (Å²) in [6, 6.07) is 7.20. The summed E-state index contributed by atoms with van der Waals surface area (Å²) in [6.45, 7) is 3.61. The largest absolute Gasteiger partial charge is 0.490 e.